The second-order valence-electron chi connectivity index (χ2n) is 5.46. The molecule has 3 N–H and O–H groups in total. The summed E-state index contributed by atoms with van der Waals surface area (Å²) in [6, 6.07) is 8.27. The van der Waals surface area contributed by atoms with Gasteiger partial charge >= 0.3 is 0 Å². The molecule has 7 heteroatoms. The van der Waals surface area contributed by atoms with E-state index >= 15 is 0 Å². The summed E-state index contributed by atoms with van der Waals surface area (Å²) in [6.45, 7) is 4.24. The Morgan fingerprint density at radius 1 is 1.33 bits per heavy atom. The van der Waals surface area contributed by atoms with Crippen LogP contribution in [0.1, 0.15) is 6.92 Å². The number of carbonyl (C=O) groups excluding carboxylic acids is 1. The molecule has 1 fully saturated rings. The zero-order valence-electron chi connectivity index (χ0n) is 12.0. The highest BCUT2D eigenvalue weighted by Crippen LogP contribution is 2.21. The van der Waals surface area contributed by atoms with Crippen molar-refractivity contribution < 1.29 is 13.2 Å². The average molecular weight is 311 g/mol. The van der Waals surface area contributed by atoms with Crippen molar-refractivity contribution in [1.29, 1.82) is 0 Å². The Morgan fingerprint density at radius 2 is 2.00 bits per heavy atom. The Hall–Kier alpha value is -1.44. The highest BCUT2D eigenvalue weighted by Gasteiger charge is 2.33. The van der Waals surface area contributed by atoms with Gasteiger partial charge in [-0.1, -0.05) is 25.1 Å². The minimum atomic E-state index is -3.46. The molecule has 0 spiro atoms. The van der Waals surface area contributed by atoms with Crippen molar-refractivity contribution in [2.24, 2.45) is 17.6 Å². The maximum Gasteiger partial charge on any atom is 0.240 e. The lowest BCUT2D eigenvalue weighted by Gasteiger charge is -2.15. The first kappa shape index (κ1) is 15.9. The topological polar surface area (TPSA) is 92.5 Å². The minimum Gasteiger partial charge on any atom is -0.369 e. The molecule has 1 aliphatic rings. The number of rotatable bonds is 6. The summed E-state index contributed by atoms with van der Waals surface area (Å²) in [5.41, 5.74) is 5.35. The van der Waals surface area contributed by atoms with E-state index in [4.69, 9.17) is 5.73 Å². The van der Waals surface area contributed by atoms with E-state index in [1.54, 1.807) is 30.3 Å². The third kappa shape index (κ3) is 4.03. The fourth-order valence-corrected chi connectivity index (χ4v) is 3.68. The van der Waals surface area contributed by atoms with E-state index in [1.165, 1.54) is 0 Å². The van der Waals surface area contributed by atoms with Crippen molar-refractivity contribution in [3.05, 3.63) is 30.3 Å². The molecular formula is C14H21N3O3S. The standard InChI is InChI=1S/C14H21N3O3S/c1-11-9-17(10-13(11)14(15)18)8-7-16-21(19,20)12-5-3-2-4-6-12/h2-6,11,13,16H,7-10H2,1H3,(H2,15,18)/t11-,13-/m1/s1. The van der Waals surface area contributed by atoms with Gasteiger partial charge in [0.05, 0.1) is 10.8 Å². The van der Waals surface area contributed by atoms with Gasteiger partial charge in [-0.2, -0.15) is 0 Å². The zero-order chi connectivity index (χ0) is 15.5. The van der Waals surface area contributed by atoms with Crippen LogP contribution in [-0.2, 0) is 14.8 Å². The Labute approximate surface area is 125 Å². The summed E-state index contributed by atoms with van der Waals surface area (Å²) >= 11 is 0. The quantitative estimate of drug-likeness (QED) is 0.774. The molecule has 0 bridgehead atoms. The Morgan fingerprint density at radius 3 is 2.57 bits per heavy atom. The molecule has 1 saturated heterocycles. The maximum atomic E-state index is 12.0. The third-order valence-corrected chi connectivity index (χ3v) is 5.30. The number of amides is 1. The number of primary amides is 1. The maximum absolute atomic E-state index is 12.0. The normalized spacial score (nSPS) is 23.3. The third-order valence-electron chi connectivity index (χ3n) is 3.83. The summed E-state index contributed by atoms with van der Waals surface area (Å²) in [5, 5.41) is 0. The Balaban J connectivity index is 1.84. The number of sulfonamides is 1. The molecule has 1 aliphatic heterocycles. The van der Waals surface area contributed by atoms with Gasteiger partial charge in [0.1, 0.15) is 0 Å². The summed E-state index contributed by atoms with van der Waals surface area (Å²) in [4.78, 5) is 13.6. The van der Waals surface area contributed by atoms with E-state index in [2.05, 4.69) is 9.62 Å². The van der Waals surface area contributed by atoms with Crippen LogP contribution in [0.2, 0.25) is 0 Å². The Kier molecular flexibility index (Phi) is 4.97. The SMILES string of the molecule is C[C@@H]1CN(CCNS(=O)(=O)c2ccccc2)C[C@H]1C(N)=O. The van der Waals surface area contributed by atoms with Crippen LogP contribution in [0.5, 0.6) is 0 Å². The molecule has 0 aromatic heterocycles. The number of nitrogens with two attached hydrogens (primary N) is 1. The fourth-order valence-electron chi connectivity index (χ4n) is 2.64. The van der Waals surface area contributed by atoms with Gasteiger partial charge < -0.3 is 10.6 Å². The van der Waals surface area contributed by atoms with Crippen molar-refractivity contribution in [3.8, 4) is 0 Å². The van der Waals surface area contributed by atoms with Gasteiger partial charge in [-0.15, -0.1) is 0 Å². The predicted molar refractivity (Wildman–Crippen MR) is 79.9 cm³/mol. The van der Waals surface area contributed by atoms with Gasteiger partial charge in [0.2, 0.25) is 15.9 Å². The number of hydrogen-bond donors (Lipinski definition) is 2. The molecule has 1 aromatic rings. The molecule has 21 heavy (non-hydrogen) atoms. The van der Waals surface area contributed by atoms with Crippen LogP contribution >= 0.6 is 0 Å². The monoisotopic (exact) mass is 311 g/mol. The van der Waals surface area contributed by atoms with Crippen LogP contribution in [0.25, 0.3) is 0 Å². The smallest absolute Gasteiger partial charge is 0.240 e. The zero-order valence-corrected chi connectivity index (χ0v) is 12.8. The number of nitrogens with one attached hydrogen (secondary N) is 1. The van der Waals surface area contributed by atoms with E-state index in [0.29, 0.717) is 19.6 Å². The van der Waals surface area contributed by atoms with Gasteiger partial charge in [-0.25, -0.2) is 13.1 Å². The second kappa shape index (κ2) is 6.55. The van der Waals surface area contributed by atoms with Gasteiger partial charge in [-0.3, -0.25) is 4.79 Å². The van der Waals surface area contributed by atoms with Crippen molar-refractivity contribution in [1.82, 2.24) is 9.62 Å². The van der Waals surface area contributed by atoms with Gasteiger partial charge in [0.25, 0.3) is 0 Å². The van der Waals surface area contributed by atoms with Crippen LogP contribution in [0, 0.1) is 11.8 Å². The van der Waals surface area contributed by atoms with Crippen LogP contribution in [-0.4, -0.2) is 45.4 Å². The largest absolute Gasteiger partial charge is 0.369 e. The van der Waals surface area contributed by atoms with Gasteiger partial charge in [-0.05, 0) is 18.1 Å². The van der Waals surface area contributed by atoms with E-state index < -0.39 is 10.0 Å². The lowest BCUT2D eigenvalue weighted by atomic mass is 9.98. The first-order valence-corrected chi connectivity index (χ1v) is 8.45. The van der Waals surface area contributed by atoms with Crippen LogP contribution in [0.3, 0.4) is 0 Å². The summed E-state index contributed by atoms with van der Waals surface area (Å²) in [7, 11) is -3.46. The molecular weight excluding hydrogens is 290 g/mol. The molecule has 0 saturated carbocycles. The van der Waals surface area contributed by atoms with Crippen molar-refractivity contribution in [3.63, 3.8) is 0 Å². The first-order valence-electron chi connectivity index (χ1n) is 6.96. The highest BCUT2D eigenvalue weighted by molar-refractivity contribution is 7.89. The molecule has 0 unspecified atom stereocenters. The molecule has 116 valence electrons. The molecule has 2 atom stereocenters. The first-order chi connectivity index (χ1) is 9.90. The van der Waals surface area contributed by atoms with E-state index in [0.717, 1.165) is 6.54 Å². The molecule has 0 radical (unpaired) electrons. The van der Waals surface area contributed by atoms with Crippen LogP contribution in [0.4, 0.5) is 0 Å². The van der Waals surface area contributed by atoms with Crippen molar-refractivity contribution in [2.45, 2.75) is 11.8 Å². The van der Waals surface area contributed by atoms with Gasteiger partial charge in [0.15, 0.2) is 0 Å². The second-order valence-corrected chi connectivity index (χ2v) is 7.22. The minimum absolute atomic E-state index is 0.143. The molecule has 6 nitrogen and oxygen atoms in total. The van der Waals surface area contributed by atoms with E-state index in [1.807, 2.05) is 6.92 Å². The van der Waals surface area contributed by atoms with Crippen LogP contribution < -0.4 is 10.5 Å². The van der Waals surface area contributed by atoms with Crippen molar-refractivity contribution in [2.75, 3.05) is 26.2 Å². The molecule has 2 rings (SSSR count). The molecule has 1 amide bonds. The summed E-state index contributed by atoms with van der Waals surface area (Å²) in [5.74, 6) is -0.209. The van der Waals surface area contributed by atoms with E-state index in [9.17, 15) is 13.2 Å². The highest BCUT2D eigenvalue weighted by atomic mass is 32.2. The molecule has 1 heterocycles. The molecule has 0 aliphatic carbocycles. The van der Waals surface area contributed by atoms with Crippen LogP contribution in [0.15, 0.2) is 35.2 Å². The lowest BCUT2D eigenvalue weighted by molar-refractivity contribution is -0.122. The summed E-state index contributed by atoms with van der Waals surface area (Å²) in [6.07, 6.45) is 0. The fraction of sp³-hybridized carbons (Fsp3) is 0.500. The average Bonchev–Trinajstić information content (AvgIpc) is 2.81. The van der Waals surface area contributed by atoms with Crippen molar-refractivity contribution >= 4 is 15.9 Å². The summed E-state index contributed by atoms with van der Waals surface area (Å²) < 4.78 is 26.7. The van der Waals surface area contributed by atoms with Gasteiger partial charge in [0, 0.05) is 26.2 Å². The number of likely N-dealkylation sites (tertiary alicyclic amines) is 1. The Bertz CT molecular complexity index is 589. The number of nitrogens with zero attached hydrogens (tertiary/aromatic N) is 1. The predicted octanol–water partition coefficient (Wildman–Crippen LogP) is 0.0181. The molecule has 1 aromatic carbocycles. The number of hydrogen-bond acceptors (Lipinski definition) is 4. The number of carbonyl (C=O) groups is 1. The lowest BCUT2D eigenvalue weighted by Crippen LogP contribution is -2.35. The number of benzene rings is 1. The van der Waals surface area contributed by atoms with E-state index in [-0.39, 0.29) is 22.6 Å².